The van der Waals surface area contributed by atoms with Crippen molar-refractivity contribution in [1.29, 1.82) is 0 Å². The van der Waals surface area contributed by atoms with Crippen LogP contribution in [0.5, 0.6) is 5.75 Å². The van der Waals surface area contributed by atoms with E-state index in [1.165, 1.54) is 4.88 Å². The number of nitrogens with one attached hydrogen (secondary N) is 1. The van der Waals surface area contributed by atoms with E-state index in [1.807, 2.05) is 35.2 Å². The molecule has 2 aromatic rings. The van der Waals surface area contributed by atoms with E-state index in [9.17, 15) is 4.79 Å². The summed E-state index contributed by atoms with van der Waals surface area (Å²) >= 11 is 1.70. The van der Waals surface area contributed by atoms with Crippen molar-refractivity contribution in [1.82, 2.24) is 10.2 Å². The van der Waals surface area contributed by atoms with Gasteiger partial charge >= 0.3 is 6.03 Å². The Hall–Kier alpha value is -2.01. The van der Waals surface area contributed by atoms with Crippen molar-refractivity contribution in [2.24, 2.45) is 0 Å². The Balaban J connectivity index is 1.91. The van der Waals surface area contributed by atoms with E-state index in [4.69, 9.17) is 4.74 Å². The van der Waals surface area contributed by atoms with E-state index >= 15 is 0 Å². The van der Waals surface area contributed by atoms with Crippen LogP contribution in [0.1, 0.15) is 29.8 Å². The first-order chi connectivity index (χ1) is 10.7. The number of hydrogen-bond acceptors (Lipinski definition) is 3. The highest BCUT2D eigenvalue weighted by atomic mass is 32.1. The van der Waals surface area contributed by atoms with Gasteiger partial charge in [-0.1, -0.05) is 31.2 Å². The van der Waals surface area contributed by atoms with Gasteiger partial charge in [-0.3, -0.25) is 0 Å². The Morgan fingerprint density at radius 1 is 1.27 bits per heavy atom. The topological polar surface area (TPSA) is 41.6 Å². The Labute approximate surface area is 134 Å². The van der Waals surface area contributed by atoms with Crippen LogP contribution in [0.2, 0.25) is 0 Å². The first-order valence-electron chi connectivity index (χ1n) is 7.47. The molecule has 1 aliphatic rings. The van der Waals surface area contributed by atoms with Crippen molar-refractivity contribution in [2.45, 2.75) is 32.0 Å². The van der Waals surface area contributed by atoms with Crippen molar-refractivity contribution in [2.75, 3.05) is 7.11 Å². The largest absolute Gasteiger partial charge is 0.496 e. The summed E-state index contributed by atoms with van der Waals surface area (Å²) in [6, 6.07) is 12.2. The van der Waals surface area contributed by atoms with Crippen molar-refractivity contribution < 1.29 is 9.53 Å². The van der Waals surface area contributed by atoms with Gasteiger partial charge in [0.25, 0.3) is 0 Å². The summed E-state index contributed by atoms with van der Waals surface area (Å²) in [5.41, 5.74) is 1.03. The number of benzene rings is 1. The van der Waals surface area contributed by atoms with Crippen LogP contribution in [0.15, 0.2) is 41.8 Å². The molecule has 0 radical (unpaired) electrons. The van der Waals surface area contributed by atoms with Crippen LogP contribution in [-0.2, 0) is 6.54 Å². The van der Waals surface area contributed by atoms with Crippen molar-refractivity contribution in [3.63, 3.8) is 0 Å². The van der Waals surface area contributed by atoms with E-state index in [2.05, 4.69) is 23.7 Å². The average molecular weight is 316 g/mol. The SMILES string of the molecule is CC[C@H]1NC(=O)N(Cc2ccccc2OC)[C@H]1c1cccs1. The number of nitrogens with zero attached hydrogens (tertiary/aromatic N) is 1. The van der Waals surface area contributed by atoms with Crippen LogP contribution < -0.4 is 10.1 Å². The van der Waals surface area contributed by atoms with Gasteiger partial charge in [0.15, 0.2) is 0 Å². The zero-order valence-corrected chi connectivity index (χ0v) is 13.6. The van der Waals surface area contributed by atoms with E-state index in [-0.39, 0.29) is 18.1 Å². The third-order valence-corrected chi connectivity index (χ3v) is 5.04. The predicted molar refractivity (Wildman–Crippen MR) is 88.2 cm³/mol. The Bertz CT molecular complexity index is 642. The lowest BCUT2D eigenvalue weighted by Crippen LogP contribution is -2.29. The Morgan fingerprint density at radius 2 is 2.09 bits per heavy atom. The van der Waals surface area contributed by atoms with Crippen molar-refractivity contribution in [3.8, 4) is 5.75 Å². The molecule has 5 heteroatoms. The van der Waals surface area contributed by atoms with E-state index in [1.54, 1.807) is 18.4 Å². The summed E-state index contributed by atoms with van der Waals surface area (Å²) in [6.07, 6.45) is 0.913. The second-order valence-corrected chi connectivity index (χ2v) is 6.34. The molecule has 0 unspecified atom stereocenters. The number of methoxy groups -OCH3 is 1. The normalized spacial score (nSPS) is 21.0. The number of hydrogen-bond donors (Lipinski definition) is 1. The fraction of sp³-hybridized carbons (Fsp3) is 0.353. The molecule has 2 amide bonds. The number of rotatable bonds is 5. The maximum absolute atomic E-state index is 12.4. The third kappa shape index (κ3) is 2.68. The lowest BCUT2D eigenvalue weighted by atomic mass is 10.0. The molecule has 1 aromatic heterocycles. The first-order valence-corrected chi connectivity index (χ1v) is 8.35. The molecule has 0 saturated carbocycles. The standard InChI is InChI=1S/C17H20N2O2S/c1-3-13-16(15-9-6-10-22-15)19(17(20)18-13)11-12-7-4-5-8-14(12)21-2/h4-10,13,16H,3,11H2,1-2H3,(H,18,20)/t13-,16-/m1/s1. The highest BCUT2D eigenvalue weighted by molar-refractivity contribution is 7.10. The quantitative estimate of drug-likeness (QED) is 0.911. The molecule has 3 rings (SSSR count). The lowest BCUT2D eigenvalue weighted by molar-refractivity contribution is 0.198. The molecular weight excluding hydrogens is 296 g/mol. The molecule has 116 valence electrons. The highest BCUT2D eigenvalue weighted by Crippen LogP contribution is 2.36. The molecular formula is C17H20N2O2S. The predicted octanol–water partition coefficient (Wildman–Crippen LogP) is 3.80. The zero-order chi connectivity index (χ0) is 15.5. The van der Waals surface area contributed by atoms with E-state index in [0.29, 0.717) is 6.54 Å². The molecule has 1 fully saturated rings. The minimum Gasteiger partial charge on any atom is -0.496 e. The summed E-state index contributed by atoms with van der Waals surface area (Å²) in [5, 5.41) is 5.16. The summed E-state index contributed by atoms with van der Waals surface area (Å²) in [6.45, 7) is 2.66. The fourth-order valence-electron chi connectivity index (χ4n) is 2.99. The monoisotopic (exact) mass is 316 g/mol. The molecule has 0 spiro atoms. The summed E-state index contributed by atoms with van der Waals surface area (Å²) in [5.74, 6) is 0.820. The van der Waals surface area contributed by atoms with Gasteiger partial charge in [-0.2, -0.15) is 0 Å². The molecule has 22 heavy (non-hydrogen) atoms. The van der Waals surface area contributed by atoms with Gasteiger partial charge in [-0.15, -0.1) is 11.3 Å². The van der Waals surface area contributed by atoms with Gasteiger partial charge in [-0.05, 0) is 23.9 Å². The second kappa shape index (κ2) is 6.40. The van der Waals surface area contributed by atoms with Crippen LogP contribution >= 0.6 is 11.3 Å². The lowest BCUT2D eigenvalue weighted by Gasteiger charge is -2.26. The van der Waals surface area contributed by atoms with Crippen molar-refractivity contribution >= 4 is 17.4 Å². The van der Waals surface area contributed by atoms with Gasteiger partial charge in [0, 0.05) is 10.4 Å². The number of carbonyl (C=O) groups excluding carboxylic acids is 1. The number of carbonyl (C=O) groups is 1. The van der Waals surface area contributed by atoms with Gasteiger partial charge in [-0.25, -0.2) is 4.79 Å². The molecule has 1 aliphatic heterocycles. The van der Waals surface area contributed by atoms with Crippen LogP contribution in [0.4, 0.5) is 4.79 Å². The van der Waals surface area contributed by atoms with Gasteiger partial charge in [0.1, 0.15) is 5.75 Å². The smallest absolute Gasteiger partial charge is 0.318 e. The summed E-state index contributed by atoms with van der Waals surface area (Å²) in [4.78, 5) is 15.6. The van der Waals surface area contributed by atoms with Gasteiger partial charge in [0.05, 0.1) is 25.7 Å². The van der Waals surface area contributed by atoms with Gasteiger partial charge < -0.3 is 15.0 Å². The van der Waals surface area contributed by atoms with E-state index < -0.39 is 0 Å². The number of urea groups is 1. The molecule has 4 nitrogen and oxygen atoms in total. The molecule has 0 aliphatic carbocycles. The van der Waals surface area contributed by atoms with Gasteiger partial charge in [0.2, 0.25) is 0 Å². The minimum absolute atomic E-state index is 0.00356. The first kappa shape index (κ1) is 14.9. The molecule has 0 bridgehead atoms. The van der Waals surface area contributed by atoms with Crippen molar-refractivity contribution in [3.05, 3.63) is 52.2 Å². The number of thiophene rings is 1. The summed E-state index contributed by atoms with van der Waals surface area (Å²) < 4.78 is 5.41. The maximum atomic E-state index is 12.4. The Kier molecular flexibility index (Phi) is 4.34. The minimum atomic E-state index is -0.00356. The molecule has 2 atom stereocenters. The highest BCUT2D eigenvalue weighted by Gasteiger charge is 2.39. The van der Waals surface area contributed by atoms with Crippen LogP contribution in [0, 0.1) is 0 Å². The number of para-hydroxylation sites is 1. The van der Waals surface area contributed by atoms with Crippen LogP contribution in [-0.4, -0.2) is 24.1 Å². The molecule has 1 saturated heterocycles. The van der Waals surface area contributed by atoms with Crippen LogP contribution in [0.3, 0.4) is 0 Å². The zero-order valence-electron chi connectivity index (χ0n) is 12.8. The fourth-order valence-corrected chi connectivity index (χ4v) is 3.89. The molecule has 1 N–H and O–H groups in total. The molecule has 1 aromatic carbocycles. The third-order valence-electron chi connectivity index (χ3n) is 4.09. The van der Waals surface area contributed by atoms with E-state index in [0.717, 1.165) is 17.7 Å². The average Bonchev–Trinajstić information content (AvgIpc) is 3.16. The Morgan fingerprint density at radius 3 is 2.77 bits per heavy atom. The summed E-state index contributed by atoms with van der Waals surface area (Å²) in [7, 11) is 1.66. The van der Waals surface area contributed by atoms with Crippen LogP contribution in [0.25, 0.3) is 0 Å². The second-order valence-electron chi connectivity index (χ2n) is 5.36. The maximum Gasteiger partial charge on any atom is 0.318 e. The molecule has 2 heterocycles. The number of ether oxygens (including phenoxy) is 1. The number of amides is 2.